The molecule has 160 valence electrons. The molecule has 0 N–H and O–H groups in total. The van der Waals surface area contributed by atoms with Gasteiger partial charge < -0.3 is 9.64 Å². The number of hydrogen-bond acceptors (Lipinski definition) is 4. The fourth-order valence-corrected chi connectivity index (χ4v) is 5.27. The van der Waals surface area contributed by atoms with Crippen LogP contribution >= 0.6 is 0 Å². The van der Waals surface area contributed by atoms with E-state index >= 15 is 0 Å². The van der Waals surface area contributed by atoms with Crippen LogP contribution < -0.4 is 9.64 Å². The lowest BCUT2D eigenvalue weighted by atomic mass is 10.1. The van der Waals surface area contributed by atoms with E-state index in [2.05, 4.69) is 0 Å². The van der Waals surface area contributed by atoms with Gasteiger partial charge in [-0.05, 0) is 41.8 Å². The summed E-state index contributed by atoms with van der Waals surface area (Å²) in [5, 5.41) is 0. The molecule has 31 heavy (non-hydrogen) atoms. The molecule has 0 radical (unpaired) electrons. The van der Waals surface area contributed by atoms with Crippen molar-refractivity contribution in [2.45, 2.75) is 17.9 Å². The first-order valence-electron chi connectivity index (χ1n) is 10.1. The highest BCUT2D eigenvalue weighted by atomic mass is 32.2. The molecule has 0 atom stereocenters. The summed E-state index contributed by atoms with van der Waals surface area (Å²) in [6.45, 7) is 0.308. The number of carbonyl (C=O) groups excluding carboxylic acids is 1. The Hall–Kier alpha value is -3.16. The van der Waals surface area contributed by atoms with E-state index in [1.54, 1.807) is 48.4 Å². The van der Waals surface area contributed by atoms with Gasteiger partial charge in [0.25, 0.3) is 0 Å². The van der Waals surface area contributed by atoms with Crippen molar-refractivity contribution in [1.82, 2.24) is 4.31 Å². The topological polar surface area (TPSA) is 66.9 Å². The van der Waals surface area contributed by atoms with Crippen LogP contribution in [0.4, 0.5) is 5.69 Å². The van der Waals surface area contributed by atoms with E-state index in [0.29, 0.717) is 24.4 Å². The zero-order chi connectivity index (χ0) is 21.8. The molecular weight excluding hydrogens is 412 g/mol. The highest BCUT2D eigenvalue weighted by Gasteiger charge is 2.36. The van der Waals surface area contributed by atoms with Crippen LogP contribution in [0, 0.1) is 0 Å². The number of nitrogens with zero attached hydrogens (tertiary/aromatic N) is 2. The van der Waals surface area contributed by atoms with Gasteiger partial charge in [0.1, 0.15) is 10.6 Å². The third-order valence-electron chi connectivity index (χ3n) is 5.37. The zero-order valence-electron chi connectivity index (χ0n) is 17.3. The number of sulfonamides is 1. The van der Waals surface area contributed by atoms with Gasteiger partial charge >= 0.3 is 0 Å². The first-order chi connectivity index (χ1) is 15.0. The smallest absolute Gasteiger partial charge is 0.245 e. The Labute approximate surface area is 182 Å². The third-order valence-corrected chi connectivity index (χ3v) is 7.21. The van der Waals surface area contributed by atoms with Crippen molar-refractivity contribution >= 4 is 21.6 Å². The van der Waals surface area contributed by atoms with Crippen molar-refractivity contribution in [2.75, 3.05) is 25.1 Å². The lowest BCUT2D eigenvalue weighted by molar-refractivity contribution is -0.118. The summed E-state index contributed by atoms with van der Waals surface area (Å²) in [7, 11) is -2.27. The number of fused-ring (bicyclic) bond motifs is 1. The zero-order valence-corrected chi connectivity index (χ0v) is 18.1. The molecule has 0 saturated heterocycles. The van der Waals surface area contributed by atoms with Crippen molar-refractivity contribution in [1.29, 1.82) is 0 Å². The number of carbonyl (C=O) groups is 1. The summed E-state index contributed by atoms with van der Waals surface area (Å²) in [5.41, 5.74) is 2.31. The molecule has 1 aliphatic heterocycles. The second-order valence-electron chi connectivity index (χ2n) is 7.37. The van der Waals surface area contributed by atoms with Crippen LogP contribution in [-0.4, -0.2) is 38.8 Å². The van der Waals surface area contributed by atoms with Crippen molar-refractivity contribution in [3.63, 3.8) is 0 Å². The molecule has 7 heteroatoms. The van der Waals surface area contributed by atoms with E-state index in [4.69, 9.17) is 4.74 Å². The van der Waals surface area contributed by atoms with E-state index in [0.717, 1.165) is 11.1 Å². The predicted molar refractivity (Wildman–Crippen MR) is 120 cm³/mol. The molecule has 3 aromatic carbocycles. The third kappa shape index (κ3) is 4.47. The minimum absolute atomic E-state index is 0.110. The Morgan fingerprint density at radius 1 is 0.871 bits per heavy atom. The Bertz CT molecular complexity index is 1160. The number of amides is 1. The molecule has 1 amide bonds. The number of ether oxygens (including phenoxy) is 1. The second kappa shape index (κ2) is 8.91. The first kappa shape index (κ1) is 21.1. The number of methoxy groups -OCH3 is 1. The predicted octanol–water partition coefficient (Wildman–Crippen LogP) is 3.48. The van der Waals surface area contributed by atoms with Gasteiger partial charge in [0.05, 0.1) is 19.3 Å². The molecule has 3 aromatic rings. The summed E-state index contributed by atoms with van der Waals surface area (Å²) in [6, 6.07) is 23.7. The highest BCUT2D eigenvalue weighted by molar-refractivity contribution is 7.89. The normalized spacial score (nSPS) is 15.9. The molecule has 0 saturated carbocycles. The molecule has 1 heterocycles. The van der Waals surface area contributed by atoms with Crippen LogP contribution in [0.15, 0.2) is 83.8 Å². The average molecular weight is 437 g/mol. The van der Waals surface area contributed by atoms with E-state index < -0.39 is 10.0 Å². The number of benzene rings is 3. The Morgan fingerprint density at radius 3 is 2.26 bits per heavy atom. The summed E-state index contributed by atoms with van der Waals surface area (Å²) in [4.78, 5) is 14.9. The number of para-hydroxylation sites is 1. The lowest BCUT2D eigenvalue weighted by Gasteiger charge is -2.22. The average Bonchev–Trinajstić information content (AvgIpc) is 2.87. The van der Waals surface area contributed by atoms with Crippen LogP contribution in [0.1, 0.15) is 11.1 Å². The van der Waals surface area contributed by atoms with Crippen LogP contribution in [-0.2, 0) is 27.8 Å². The maximum atomic E-state index is 13.4. The molecule has 6 nitrogen and oxygen atoms in total. The largest absolute Gasteiger partial charge is 0.497 e. The SMILES string of the molecule is COc1ccc(CN2CC(=O)N(CCc3ccccc3)c3ccccc3S2(=O)=O)cc1. The second-order valence-corrected chi connectivity index (χ2v) is 9.28. The monoisotopic (exact) mass is 436 g/mol. The summed E-state index contributed by atoms with van der Waals surface area (Å²) < 4.78 is 33.3. The molecule has 0 spiro atoms. The summed E-state index contributed by atoms with van der Waals surface area (Å²) >= 11 is 0. The van der Waals surface area contributed by atoms with E-state index in [1.165, 1.54) is 4.31 Å². The van der Waals surface area contributed by atoms with Gasteiger partial charge in [-0.2, -0.15) is 4.31 Å². The molecule has 0 unspecified atom stereocenters. The Morgan fingerprint density at radius 2 is 1.55 bits per heavy atom. The van der Waals surface area contributed by atoms with Gasteiger partial charge in [-0.3, -0.25) is 4.79 Å². The quantitative estimate of drug-likeness (QED) is 0.593. The van der Waals surface area contributed by atoms with Gasteiger partial charge in [-0.25, -0.2) is 8.42 Å². The van der Waals surface area contributed by atoms with Crippen LogP contribution in [0.2, 0.25) is 0 Å². The summed E-state index contributed by atoms with van der Waals surface area (Å²) in [6.07, 6.45) is 0.638. The van der Waals surface area contributed by atoms with Gasteiger partial charge in [-0.15, -0.1) is 0 Å². The summed E-state index contributed by atoms with van der Waals surface area (Å²) in [5.74, 6) is 0.453. The van der Waals surface area contributed by atoms with Crippen molar-refractivity contribution in [2.24, 2.45) is 0 Å². The van der Waals surface area contributed by atoms with Crippen molar-refractivity contribution < 1.29 is 17.9 Å². The molecule has 0 aromatic heterocycles. The molecular formula is C24H24N2O4S. The Balaban J connectivity index is 1.65. The van der Waals surface area contributed by atoms with Crippen molar-refractivity contribution in [3.05, 3.63) is 90.0 Å². The van der Waals surface area contributed by atoms with Crippen LogP contribution in [0.25, 0.3) is 0 Å². The number of anilines is 1. The lowest BCUT2D eigenvalue weighted by Crippen LogP contribution is -2.39. The van der Waals surface area contributed by atoms with E-state index in [9.17, 15) is 13.2 Å². The van der Waals surface area contributed by atoms with Gasteiger partial charge in [0.15, 0.2) is 0 Å². The highest BCUT2D eigenvalue weighted by Crippen LogP contribution is 2.32. The minimum Gasteiger partial charge on any atom is -0.497 e. The number of rotatable bonds is 6. The molecule has 4 rings (SSSR count). The van der Waals surface area contributed by atoms with Gasteiger partial charge in [-0.1, -0.05) is 54.6 Å². The molecule has 0 aliphatic carbocycles. The van der Waals surface area contributed by atoms with Gasteiger partial charge in [0.2, 0.25) is 15.9 Å². The van der Waals surface area contributed by atoms with Crippen LogP contribution in [0.3, 0.4) is 0 Å². The first-order valence-corrected chi connectivity index (χ1v) is 11.5. The maximum Gasteiger partial charge on any atom is 0.245 e. The molecule has 1 aliphatic rings. The minimum atomic E-state index is -3.84. The fourth-order valence-electron chi connectivity index (χ4n) is 3.70. The maximum absolute atomic E-state index is 13.4. The van der Waals surface area contributed by atoms with Crippen LogP contribution in [0.5, 0.6) is 5.75 Å². The van der Waals surface area contributed by atoms with Crippen molar-refractivity contribution in [3.8, 4) is 5.75 Å². The standard InChI is InChI=1S/C24H24N2O4S/c1-30-21-13-11-20(12-14-21)17-25-18-24(27)26(16-15-19-7-3-2-4-8-19)22-9-5-6-10-23(22)31(25,28)29/h2-14H,15-18H2,1H3. The number of hydrogen-bond donors (Lipinski definition) is 0. The molecule has 0 fully saturated rings. The fraction of sp³-hybridized carbons (Fsp3) is 0.208. The molecule has 0 bridgehead atoms. The van der Waals surface area contributed by atoms with E-state index in [1.807, 2.05) is 42.5 Å². The Kier molecular flexibility index (Phi) is 6.06. The van der Waals surface area contributed by atoms with Gasteiger partial charge in [0, 0.05) is 13.1 Å². The van der Waals surface area contributed by atoms with E-state index in [-0.39, 0.29) is 23.9 Å².